The summed E-state index contributed by atoms with van der Waals surface area (Å²) < 4.78 is 5.84. The lowest BCUT2D eigenvalue weighted by atomic mass is 10.0. The Hall–Kier alpha value is -1.84. The van der Waals surface area contributed by atoms with Crippen LogP contribution in [-0.4, -0.2) is 23.1 Å². The van der Waals surface area contributed by atoms with Crippen molar-refractivity contribution in [2.75, 3.05) is 0 Å². The Bertz CT molecular complexity index is 620. The van der Waals surface area contributed by atoms with E-state index in [-0.39, 0.29) is 17.2 Å². The Labute approximate surface area is 202 Å². The third-order valence-corrected chi connectivity index (χ3v) is 6.41. The molecule has 0 aliphatic rings. The molecule has 1 aromatic carbocycles. The highest BCUT2D eigenvalue weighted by molar-refractivity contribution is 6.02. The van der Waals surface area contributed by atoms with Crippen LogP contribution in [0.15, 0.2) is 24.3 Å². The molecule has 0 bridgehead atoms. The molecule has 4 nitrogen and oxygen atoms in total. The number of ether oxygens (including phenoxy) is 1. The largest absolute Gasteiger partial charge is 0.478 e. The number of carbonyl (C=O) groups is 2. The lowest BCUT2D eigenvalue weighted by molar-refractivity contribution is 0.0244. The molecular weight excluding hydrogens is 412 g/mol. The molecule has 0 unspecified atom stereocenters. The quantitative estimate of drug-likeness (QED) is 0.147. The number of carboxylic acids is 1. The highest BCUT2D eigenvalue weighted by Gasteiger charge is 2.20. The van der Waals surface area contributed by atoms with Crippen LogP contribution < -0.4 is 0 Å². The summed E-state index contributed by atoms with van der Waals surface area (Å²) in [6.07, 6.45) is 21.6. The van der Waals surface area contributed by atoms with Gasteiger partial charge >= 0.3 is 11.9 Å². The number of benzene rings is 1. The molecule has 0 fully saturated rings. The van der Waals surface area contributed by atoms with E-state index in [1.807, 2.05) is 0 Å². The van der Waals surface area contributed by atoms with Gasteiger partial charge < -0.3 is 9.84 Å². The Morgan fingerprint density at radius 3 is 1.48 bits per heavy atom. The minimum absolute atomic E-state index is 0.0143. The summed E-state index contributed by atoms with van der Waals surface area (Å²) in [4.78, 5) is 24.2. The Balaban J connectivity index is 2.48. The van der Waals surface area contributed by atoms with Crippen molar-refractivity contribution in [2.24, 2.45) is 0 Å². The number of rotatable bonds is 21. The maximum absolute atomic E-state index is 12.8. The van der Waals surface area contributed by atoms with E-state index in [2.05, 4.69) is 13.8 Å². The lowest BCUT2D eigenvalue weighted by Gasteiger charge is -2.19. The summed E-state index contributed by atoms with van der Waals surface area (Å²) in [7, 11) is 0. The maximum atomic E-state index is 12.8. The van der Waals surface area contributed by atoms with E-state index >= 15 is 0 Å². The van der Waals surface area contributed by atoms with Crippen LogP contribution in [-0.2, 0) is 4.74 Å². The molecule has 0 atom stereocenters. The average Bonchev–Trinajstić information content (AvgIpc) is 2.82. The van der Waals surface area contributed by atoms with Gasteiger partial charge in [-0.05, 0) is 37.8 Å². The van der Waals surface area contributed by atoms with E-state index in [0.717, 1.165) is 25.7 Å². The van der Waals surface area contributed by atoms with Crippen LogP contribution >= 0.6 is 0 Å². The van der Waals surface area contributed by atoms with Crippen molar-refractivity contribution in [1.82, 2.24) is 0 Å². The Kier molecular flexibility index (Phi) is 17.4. The van der Waals surface area contributed by atoms with Crippen LogP contribution in [0.1, 0.15) is 150 Å². The fraction of sp³-hybridized carbons (Fsp3) is 0.724. The second kappa shape index (κ2) is 19.6. The molecule has 0 spiro atoms. The van der Waals surface area contributed by atoms with Crippen LogP contribution in [0.5, 0.6) is 0 Å². The van der Waals surface area contributed by atoms with E-state index in [9.17, 15) is 14.7 Å². The third kappa shape index (κ3) is 14.1. The summed E-state index contributed by atoms with van der Waals surface area (Å²) in [6.45, 7) is 4.48. The summed E-state index contributed by atoms with van der Waals surface area (Å²) in [6, 6.07) is 6.34. The number of esters is 1. The van der Waals surface area contributed by atoms with Crippen molar-refractivity contribution in [2.45, 2.75) is 136 Å². The Morgan fingerprint density at radius 1 is 0.667 bits per heavy atom. The lowest BCUT2D eigenvalue weighted by Crippen LogP contribution is -2.20. The first-order chi connectivity index (χ1) is 16.1. The van der Waals surface area contributed by atoms with Crippen LogP contribution in [0.3, 0.4) is 0 Å². The molecule has 0 aliphatic carbocycles. The van der Waals surface area contributed by atoms with Crippen molar-refractivity contribution < 1.29 is 19.4 Å². The number of unbranched alkanes of at least 4 members (excludes halogenated alkanes) is 14. The molecule has 188 valence electrons. The second-order valence-electron chi connectivity index (χ2n) is 9.41. The van der Waals surface area contributed by atoms with Crippen molar-refractivity contribution in [3.63, 3.8) is 0 Å². The van der Waals surface area contributed by atoms with Gasteiger partial charge in [0.1, 0.15) is 6.10 Å². The number of carboxylic acid groups (broad SMARTS) is 1. The molecule has 1 rings (SSSR count). The minimum Gasteiger partial charge on any atom is -0.478 e. The van der Waals surface area contributed by atoms with Gasteiger partial charge in [-0.25, -0.2) is 9.59 Å². The fourth-order valence-corrected chi connectivity index (χ4v) is 4.34. The normalized spacial score (nSPS) is 11.1. The molecule has 0 saturated heterocycles. The van der Waals surface area contributed by atoms with Crippen LogP contribution in [0.4, 0.5) is 0 Å². The van der Waals surface area contributed by atoms with E-state index in [0.29, 0.717) is 0 Å². The molecule has 0 saturated carbocycles. The Morgan fingerprint density at radius 2 is 1.06 bits per heavy atom. The smallest absolute Gasteiger partial charge is 0.339 e. The molecular formula is C29H48O4. The monoisotopic (exact) mass is 460 g/mol. The minimum atomic E-state index is -1.09. The van der Waals surface area contributed by atoms with E-state index < -0.39 is 11.9 Å². The standard InChI is InChI=1S/C29H48O4/c1-3-5-7-9-11-13-15-17-21-25(22-18-16-14-12-10-8-6-4-2)33-29(32)27-24-20-19-23-26(27)28(30)31/h19-20,23-25H,3-18,21-22H2,1-2H3,(H,30,31). The molecule has 0 amide bonds. The predicted molar refractivity (Wildman–Crippen MR) is 137 cm³/mol. The van der Waals surface area contributed by atoms with Crippen molar-refractivity contribution >= 4 is 11.9 Å². The molecule has 0 aromatic heterocycles. The molecule has 33 heavy (non-hydrogen) atoms. The van der Waals surface area contributed by atoms with Gasteiger partial charge in [0.05, 0.1) is 11.1 Å². The first-order valence-electron chi connectivity index (χ1n) is 13.6. The summed E-state index contributed by atoms with van der Waals surface area (Å²) in [5, 5.41) is 9.40. The topological polar surface area (TPSA) is 63.6 Å². The van der Waals surface area contributed by atoms with E-state index in [4.69, 9.17) is 4.74 Å². The van der Waals surface area contributed by atoms with Gasteiger partial charge in [0.2, 0.25) is 0 Å². The number of hydrogen-bond donors (Lipinski definition) is 1. The number of hydrogen-bond acceptors (Lipinski definition) is 3. The molecule has 0 radical (unpaired) electrons. The zero-order valence-corrected chi connectivity index (χ0v) is 21.3. The first-order valence-corrected chi connectivity index (χ1v) is 13.6. The summed E-state index contributed by atoms with van der Waals surface area (Å²) in [5.41, 5.74) is 0.169. The number of aromatic carboxylic acids is 1. The highest BCUT2D eigenvalue weighted by atomic mass is 16.5. The highest BCUT2D eigenvalue weighted by Crippen LogP contribution is 2.20. The van der Waals surface area contributed by atoms with Gasteiger partial charge in [-0.2, -0.15) is 0 Å². The van der Waals surface area contributed by atoms with Gasteiger partial charge in [0, 0.05) is 0 Å². The fourth-order valence-electron chi connectivity index (χ4n) is 4.34. The van der Waals surface area contributed by atoms with Gasteiger partial charge in [-0.3, -0.25) is 0 Å². The van der Waals surface area contributed by atoms with Gasteiger partial charge in [0.15, 0.2) is 0 Å². The van der Waals surface area contributed by atoms with E-state index in [1.165, 1.54) is 96.0 Å². The predicted octanol–water partition coefficient (Wildman–Crippen LogP) is 8.97. The number of carbonyl (C=O) groups excluding carboxylic acids is 1. The van der Waals surface area contributed by atoms with Gasteiger partial charge in [0.25, 0.3) is 0 Å². The van der Waals surface area contributed by atoms with Crippen LogP contribution in [0.2, 0.25) is 0 Å². The average molecular weight is 461 g/mol. The molecule has 1 N–H and O–H groups in total. The maximum Gasteiger partial charge on any atom is 0.339 e. The van der Waals surface area contributed by atoms with E-state index in [1.54, 1.807) is 18.2 Å². The zero-order valence-electron chi connectivity index (χ0n) is 21.3. The SMILES string of the molecule is CCCCCCCCCCC(CCCCCCCCCC)OC(=O)c1ccccc1C(=O)O. The third-order valence-electron chi connectivity index (χ3n) is 6.41. The summed E-state index contributed by atoms with van der Waals surface area (Å²) >= 11 is 0. The zero-order chi connectivity index (χ0) is 24.2. The van der Waals surface area contributed by atoms with Crippen LogP contribution in [0.25, 0.3) is 0 Å². The van der Waals surface area contributed by atoms with Crippen molar-refractivity contribution in [3.8, 4) is 0 Å². The van der Waals surface area contributed by atoms with Crippen molar-refractivity contribution in [3.05, 3.63) is 35.4 Å². The summed E-state index contributed by atoms with van der Waals surface area (Å²) in [5.74, 6) is -1.60. The molecule has 0 heterocycles. The first kappa shape index (κ1) is 29.2. The van der Waals surface area contributed by atoms with Crippen LogP contribution in [0, 0.1) is 0 Å². The second-order valence-corrected chi connectivity index (χ2v) is 9.41. The molecule has 4 heteroatoms. The van der Waals surface area contributed by atoms with Gasteiger partial charge in [-0.15, -0.1) is 0 Å². The van der Waals surface area contributed by atoms with Gasteiger partial charge in [-0.1, -0.05) is 116 Å². The molecule has 1 aromatic rings. The molecule has 0 aliphatic heterocycles. The van der Waals surface area contributed by atoms with Crippen molar-refractivity contribution in [1.29, 1.82) is 0 Å².